The van der Waals surface area contributed by atoms with Gasteiger partial charge in [0.1, 0.15) is 17.8 Å². The van der Waals surface area contributed by atoms with Gasteiger partial charge in [0.15, 0.2) is 0 Å². The van der Waals surface area contributed by atoms with E-state index in [1.807, 2.05) is 42.5 Å². The number of fused-ring (bicyclic) bond motifs is 2. The molecule has 4 rings (SSSR count). The fraction of sp³-hybridized carbons (Fsp3) is 0.263. The van der Waals surface area contributed by atoms with Gasteiger partial charge in [-0.1, -0.05) is 17.3 Å². The lowest BCUT2D eigenvalue weighted by Gasteiger charge is -2.18. The van der Waals surface area contributed by atoms with Gasteiger partial charge in [-0.3, -0.25) is 4.79 Å². The van der Waals surface area contributed by atoms with E-state index in [1.165, 1.54) is 5.56 Å². The summed E-state index contributed by atoms with van der Waals surface area (Å²) < 4.78 is 6.86. The molecule has 0 saturated heterocycles. The molecule has 1 N–H and O–H groups in total. The Morgan fingerprint density at radius 3 is 3.04 bits per heavy atom. The second-order valence-corrected chi connectivity index (χ2v) is 6.21. The van der Waals surface area contributed by atoms with E-state index in [9.17, 15) is 4.79 Å². The topological polar surface area (TPSA) is 81.4 Å². The molecule has 1 aliphatic carbocycles. The van der Waals surface area contributed by atoms with Crippen LogP contribution >= 0.6 is 0 Å². The minimum Gasteiger partial charge on any atom is -0.497 e. The molecule has 3 aromatic rings. The van der Waals surface area contributed by atoms with Crippen LogP contribution in [0.15, 0.2) is 47.6 Å². The van der Waals surface area contributed by atoms with Crippen molar-refractivity contribution in [3.05, 3.63) is 53.6 Å². The first kappa shape index (κ1) is 16.3. The Morgan fingerprint density at radius 1 is 1.27 bits per heavy atom. The van der Waals surface area contributed by atoms with Crippen molar-refractivity contribution in [2.24, 2.45) is 5.10 Å². The summed E-state index contributed by atoms with van der Waals surface area (Å²) >= 11 is 0. The van der Waals surface area contributed by atoms with Gasteiger partial charge in [-0.25, -0.2) is 10.1 Å². The van der Waals surface area contributed by atoms with Crippen molar-refractivity contribution in [1.29, 1.82) is 0 Å². The second kappa shape index (κ2) is 6.95. The number of nitrogens with one attached hydrogen (secondary N) is 1. The van der Waals surface area contributed by atoms with Gasteiger partial charge in [0.2, 0.25) is 0 Å². The number of hydrazone groups is 1. The molecule has 1 aromatic heterocycles. The molecule has 0 spiro atoms. The highest BCUT2D eigenvalue weighted by atomic mass is 16.5. The molecule has 0 aliphatic heterocycles. The van der Waals surface area contributed by atoms with Crippen molar-refractivity contribution in [1.82, 2.24) is 20.4 Å². The van der Waals surface area contributed by atoms with Crippen LogP contribution in [0.2, 0.25) is 0 Å². The third kappa shape index (κ3) is 3.15. The van der Waals surface area contributed by atoms with E-state index in [0.29, 0.717) is 0 Å². The van der Waals surface area contributed by atoms with Crippen LogP contribution in [-0.4, -0.2) is 33.7 Å². The van der Waals surface area contributed by atoms with Crippen LogP contribution in [0.4, 0.5) is 0 Å². The third-order valence-electron chi connectivity index (χ3n) is 4.51. The molecule has 1 aliphatic rings. The van der Waals surface area contributed by atoms with Gasteiger partial charge in [0.05, 0.1) is 18.3 Å². The molecule has 0 unspecified atom stereocenters. The number of methoxy groups -OCH3 is 1. The van der Waals surface area contributed by atoms with Gasteiger partial charge in [0.25, 0.3) is 5.91 Å². The largest absolute Gasteiger partial charge is 0.497 e. The Morgan fingerprint density at radius 2 is 2.15 bits per heavy atom. The predicted octanol–water partition coefficient (Wildman–Crippen LogP) is 2.30. The first-order valence-corrected chi connectivity index (χ1v) is 8.55. The Balaban J connectivity index is 1.49. The molecule has 7 nitrogen and oxygen atoms in total. The molecular weight excluding hydrogens is 330 g/mol. The lowest BCUT2D eigenvalue weighted by molar-refractivity contribution is -0.121. The van der Waals surface area contributed by atoms with Gasteiger partial charge in [-0.15, -0.1) is 5.10 Å². The number of amides is 1. The number of hydrogen-bond acceptors (Lipinski definition) is 5. The zero-order valence-corrected chi connectivity index (χ0v) is 14.5. The van der Waals surface area contributed by atoms with Crippen molar-refractivity contribution in [3.63, 3.8) is 0 Å². The molecule has 0 radical (unpaired) electrons. The Labute approximate surface area is 150 Å². The van der Waals surface area contributed by atoms with Gasteiger partial charge in [-0.05, 0) is 55.2 Å². The molecule has 7 heteroatoms. The van der Waals surface area contributed by atoms with Crippen LogP contribution in [0.25, 0.3) is 11.0 Å². The maximum absolute atomic E-state index is 12.3. The van der Waals surface area contributed by atoms with E-state index >= 15 is 0 Å². The Bertz CT molecular complexity index is 993. The minimum absolute atomic E-state index is 0.0762. The summed E-state index contributed by atoms with van der Waals surface area (Å²) in [5.41, 5.74) is 7.41. The Hall–Kier alpha value is -3.22. The molecule has 1 amide bonds. The molecule has 132 valence electrons. The number of nitrogens with zero attached hydrogens (tertiary/aromatic N) is 4. The summed E-state index contributed by atoms with van der Waals surface area (Å²) in [7, 11) is 1.66. The highest BCUT2D eigenvalue weighted by molar-refractivity contribution is 6.03. The van der Waals surface area contributed by atoms with E-state index < -0.39 is 0 Å². The van der Waals surface area contributed by atoms with Crippen molar-refractivity contribution in [2.45, 2.75) is 25.8 Å². The van der Waals surface area contributed by atoms with E-state index in [2.05, 4.69) is 20.8 Å². The van der Waals surface area contributed by atoms with Crippen molar-refractivity contribution >= 4 is 22.7 Å². The van der Waals surface area contributed by atoms with Crippen LogP contribution in [0, 0.1) is 0 Å². The maximum Gasteiger partial charge on any atom is 0.261 e. The highest BCUT2D eigenvalue weighted by Gasteiger charge is 2.17. The SMILES string of the molecule is COc1ccc2c(c1)CCC/C2=N/NC(=O)Cn1nnc2ccccc21. The zero-order chi connectivity index (χ0) is 17.9. The van der Waals surface area contributed by atoms with Crippen molar-refractivity contribution < 1.29 is 9.53 Å². The van der Waals surface area contributed by atoms with Crippen LogP contribution in [-0.2, 0) is 17.8 Å². The molecule has 0 bridgehead atoms. The standard InChI is InChI=1S/C19H19N5O2/c1-26-14-9-10-15-13(11-14)5-4-7-16(15)20-22-19(25)12-24-18-8-3-2-6-17(18)21-23-24/h2-3,6,8-11H,4-5,7,12H2,1H3,(H,22,25)/b20-16-. The summed E-state index contributed by atoms with van der Waals surface area (Å²) in [4.78, 5) is 12.3. The molecule has 1 heterocycles. The lowest BCUT2D eigenvalue weighted by Crippen LogP contribution is -2.26. The van der Waals surface area contributed by atoms with Crippen molar-refractivity contribution in [3.8, 4) is 5.75 Å². The fourth-order valence-electron chi connectivity index (χ4n) is 3.22. The molecule has 2 aromatic carbocycles. The van der Waals surface area contributed by atoms with Gasteiger partial charge in [0, 0.05) is 5.56 Å². The number of ether oxygens (including phenoxy) is 1. The van der Waals surface area contributed by atoms with Crippen LogP contribution in [0.1, 0.15) is 24.0 Å². The summed E-state index contributed by atoms with van der Waals surface area (Å²) in [6.07, 6.45) is 2.83. The number of hydrogen-bond donors (Lipinski definition) is 1. The highest BCUT2D eigenvalue weighted by Crippen LogP contribution is 2.25. The minimum atomic E-state index is -0.228. The van der Waals surface area contributed by atoms with Crippen molar-refractivity contribution in [2.75, 3.05) is 7.11 Å². The average molecular weight is 349 g/mol. The molecule has 0 atom stereocenters. The number of carbonyl (C=O) groups excluding carboxylic acids is 1. The Kier molecular flexibility index (Phi) is 4.35. The van der Waals surface area contributed by atoms with Crippen LogP contribution in [0.3, 0.4) is 0 Å². The van der Waals surface area contributed by atoms with Crippen LogP contribution in [0.5, 0.6) is 5.75 Å². The summed E-state index contributed by atoms with van der Waals surface area (Å²) in [5.74, 6) is 0.612. The normalized spacial score (nSPS) is 15.0. The fourth-order valence-corrected chi connectivity index (χ4v) is 3.22. The number of rotatable bonds is 4. The maximum atomic E-state index is 12.3. The number of aromatic nitrogens is 3. The molecular formula is C19H19N5O2. The summed E-state index contributed by atoms with van der Waals surface area (Å²) in [6, 6.07) is 13.5. The first-order valence-electron chi connectivity index (χ1n) is 8.55. The van der Waals surface area contributed by atoms with Gasteiger partial charge < -0.3 is 4.74 Å². The lowest BCUT2D eigenvalue weighted by atomic mass is 9.90. The quantitative estimate of drug-likeness (QED) is 0.733. The predicted molar refractivity (Wildman–Crippen MR) is 98.1 cm³/mol. The van der Waals surface area contributed by atoms with E-state index in [4.69, 9.17) is 4.74 Å². The number of benzene rings is 2. The van der Waals surface area contributed by atoms with E-state index in [1.54, 1.807) is 11.8 Å². The van der Waals surface area contributed by atoms with Gasteiger partial charge in [-0.2, -0.15) is 5.10 Å². The summed E-state index contributed by atoms with van der Waals surface area (Å²) in [6.45, 7) is 0.0762. The number of carbonyl (C=O) groups is 1. The number of aryl methyl sites for hydroxylation is 1. The number of para-hydroxylation sites is 1. The third-order valence-corrected chi connectivity index (χ3v) is 4.51. The van der Waals surface area contributed by atoms with E-state index in [0.717, 1.165) is 47.3 Å². The summed E-state index contributed by atoms with van der Waals surface area (Å²) in [5, 5.41) is 12.4. The molecule has 26 heavy (non-hydrogen) atoms. The monoisotopic (exact) mass is 349 g/mol. The average Bonchev–Trinajstić information content (AvgIpc) is 3.08. The van der Waals surface area contributed by atoms with Gasteiger partial charge >= 0.3 is 0 Å². The smallest absolute Gasteiger partial charge is 0.261 e. The van der Waals surface area contributed by atoms with Crippen LogP contribution < -0.4 is 10.2 Å². The first-order chi connectivity index (χ1) is 12.7. The second-order valence-electron chi connectivity index (χ2n) is 6.21. The molecule has 0 saturated carbocycles. The van der Waals surface area contributed by atoms with E-state index in [-0.39, 0.29) is 12.5 Å². The zero-order valence-electron chi connectivity index (χ0n) is 14.5. The molecule has 0 fully saturated rings.